The predicted molar refractivity (Wildman–Crippen MR) is 154 cm³/mol. The fraction of sp³-hybridized carbons (Fsp3) is 0.370. The van der Waals surface area contributed by atoms with Crippen LogP contribution in [0.1, 0.15) is 6.42 Å². The molecule has 0 bridgehead atoms. The summed E-state index contributed by atoms with van der Waals surface area (Å²) in [6.45, 7) is 5.85. The highest BCUT2D eigenvalue weighted by Gasteiger charge is 2.31. The number of likely N-dealkylation sites (tertiary alicyclic amines) is 1. The van der Waals surface area contributed by atoms with Gasteiger partial charge in [0.25, 0.3) is 0 Å². The number of piperazine rings is 1. The minimum absolute atomic E-state index is 0.0165. The number of H-pyrrole nitrogens is 1. The number of carbonyl (C=O) groups is 1. The molecule has 5 heterocycles. The molecule has 6 rings (SSSR count). The molecule has 1 N–H and O–H groups in total. The largest absolute Gasteiger partial charge is 0.462 e. The third-order valence-corrected chi connectivity index (χ3v) is 8.03. The summed E-state index contributed by atoms with van der Waals surface area (Å²) in [6, 6.07) is 2.68. The van der Waals surface area contributed by atoms with Crippen LogP contribution in [0.3, 0.4) is 0 Å². The van der Waals surface area contributed by atoms with E-state index >= 15 is 0 Å². The fourth-order valence-corrected chi connectivity index (χ4v) is 5.64. The second-order valence-corrected chi connectivity index (χ2v) is 10.9. The van der Waals surface area contributed by atoms with Crippen LogP contribution in [0.2, 0.25) is 10.2 Å². The molecule has 2 aliphatic heterocycles. The SMILES string of the molecule is C=CC(=O)N1CCN(c2nc(OC[C@H]3C[C@@H](F)CN3C)nc3c(Oc4c(Cl)c(F)cc5[nH]ncc45)nc(Cl)cc23)CC1. The molecule has 2 aliphatic rings. The highest BCUT2D eigenvalue weighted by molar-refractivity contribution is 6.33. The van der Waals surface area contributed by atoms with Crippen molar-refractivity contribution in [1.29, 1.82) is 0 Å². The van der Waals surface area contributed by atoms with E-state index in [4.69, 9.17) is 37.7 Å². The Kier molecular flexibility index (Phi) is 7.73. The normalized spacial score (nSPS) is 19.5. The van der Waals surface area contributed by atoms with E-state index in [0.717, 1.165) is 0 Å². The zero-order chi connectivity index (χ0) is 29.5. The highest BCUT2D eigenvalue weighted by Crippen LogP contribution is 2.41. The predicted octanol–water partition coefficient (Wildman–Crippen LogP) is 4.39. The van der Waals surface area contributed by atoms with E-state index in [2.05, 4.69) is 26.7 Å². The minimum Gasteiger partial charge on any atom is -0.462 e. The van der Waals surface area contributed by atoms with Gasteiger partial charge in [-0.15, -0.1) is 0 Å². The van der Waals surface area contributed by atoms with Gasteiger partial charge in [0, 0.05) is 44.8 Å². The van der Waals surface area contributed by atoms with Crippen LogP contribution >= 0.6 is 23.2 Å². The molecule has 220 valence electrons. The number of likely N-dealkylation sites (N-methyl/N-ethyl adjacent to an activating group) is 1. The van der Waals surface area contributed by atoms with E-state index in [9.17, 15) is 13.6 Å². The van der Waals surface area contributed by atoms with Crippen LogP contribution in [0.15, 0.2) is 31.0 Å². The second-order valence-electron chi connectivity index (χ2n) is 10.2. The summed E-state index contributed by atoms with van der Waals surface area (Å²) in [5.41, 5.74) is 0.612. The first-order valence-corrected chi connectivity index (χ1v) is 14.0. The lowest BCUT2D eigenvalue weighted by molar-refractivity contribution is -0.126. The fourth-order valence-electron chi connectivity index (χ4n) is 5.26. The van der Waals surface area contributed by atoms with Crippen LogP contribution in [0.25, 0.3) is 21.8 Å². The maximum Gasteiger partial charge on any atom is 0.319 e. The van der Waals surface area contributed by atoms with E-state index in [0.29, 0.717) is 61.3 Å². The molecule has 15 heteroatoms. The summed E-state index contributed by atoms with van der Waals surface area (Å²) in [5.74, 6) is -0.455. The molecule has 0 saturated carbocycles. The number of anilines is 1. The first kappa shape index (κ1) is 28.3. The molecule has 0 radical (unpaired) electrons. The van der Waals surface area contributed by atoms with Crippen LogP contribution in [0.5, 0.6) is 17.6 Å². The van der Waals surface area contributed by atoms with Crippen LogP contribution in [0.4, 0.5) is 14.6 Å². The molecule has 4 aromatic rings. The minimum atomic E-state index is -0.937. The molecule has 42 heavy (non-hydrogen) atoms. The molecule has 0 unspecified atom stereocenters. The number of nitrogens with one attached hydrogen (secondary N) is 1. The maximum atomic E-state index is 14.7. The number of halogens is 4. The Labute approximate surface area is 249 Å². The molecule has 1 aromatic carbocycles. The van der Waals surface area contributed by atoms with Gasteiger partial charge >= 0.3 is 6.01 Å². The Morgan fingerprint density at radius 3 is 2.69 bits per heavy atom. The standard InChI is InChI=1S/C27H26Cl2F2N8O3/c1-3-21(40)38-4-6-39(7-5-38)25-16-9-20(28)33-26(42-24-17-11-32-36-19(17)10-18(31)22(24)29)23(16)34-27(35-25)41-13-15-8-14(30)12-37(15)2/h3,9-11,14-15H,1,4-8,12-13H2,2H3,(H,32,36)/t14-,15-/m1/s1. The number of aromatic nitrogens is 5. The molecule has 0 aliphatic carbocycles. The average Bonchev–Trinajstić information content (AvgIpc) is 3.58. The average molecular weight is 619 g/mol. The van der Waals surface area contributed by atoms with Gasteiger partial charge in [-0.25, -0.2) is 8.78 Å². The van der Waals surface area contributed by atoms with Crippen LogP contribution < -0.4 is 14.4 Å². The first-order valence-electron chi connectivity index (χ1n) is 13.2. The number of pyridine rings is 1. The number of alkyl halides is 1. The van der Waals surface area contributed by atoms with Gasteiger partial charge in [0.05, 0.1) is 22.5 Å². The second kappa shape index (κ2) is 11.5. The number of amides is 1. The number of ether oxygens (including phenoxy) is 2. The van der Waals surface area contributed by atoms with Crippen molar-refractivity contribution in [2.24, 2.45) is 0 Å². The quantitative estimate of drug-likeness (QED) is 0.238. The van der Waals surface area contributed by atoms with E-state index in [1.54, 1.807) is 11.0 Å². The van der Waals surface area contributed by atoms with Crippen molar-refractivity contribution in [3.05, 3.63) is 47.0 Å². The Balaban J connectivity index is 1.42. The third kappa shape index (κ3) is 5.39. The third-order valence-electron chi connectivity index (χ3n) is 7.48. The Morgan fingerprint density at radius 1 is 1.19 bits per heavy atom. The number of aromatic amines is 1. The number of fused-ring (bicyclic) bond motifs is 2. The van der Waals surface area contributed by atoms with Gasteiger partial charge in [0.2, 0.25) is 11.8 Å². The lowest BCUT2D eigenvalue weighted by Gasteiger charge is -2.35. The summed E-state index contributed by atoms with van der Waals surface area (Å²) in [6.07, 6.45) is 2.14. The van der Waals surface area contributed by atoms with Gasteiger partial charge in [-0.2, -0.15) is 20.1 Å². The number of nitrogens with zero attached hydrogens (tertiary/aromatic N) is 7. The number of benzene rings is 1. The first-order chi connectivity index (χ1) is 20.2. The Bertz CT molecular complexity index is 1680. The van der Waals surface area contributed by atoms with Crippen LogP contribution in [0, 0.1) is 5.82 Å². The van der Waals surface area contributed by atoms with Crippen molar-refractivity contribution in [2.75, 3.05) is 51.3 Å². The van der Waals surface area contributed by atoms with Crippen molar-refractivity contribution in [3.8, 4) is 17.6 Å². The summed E-state index contributed by atoms with van der Waals surface area (Å²) < 4.78 is 40.7. The van der Waals surface area contributed by atoms with Crippen molar-refractivity contribution in [2.45, 2.75) is 18.6 Å². The van der Waals surface area contributed by atoms with Crippen molar-refractivity contribution >= 4 is 56.7 Å². The lowest BCUT2D eigenvalue weighted by atomic mass is 10.2. The molecule has 1 amide bonds. The number of hydrogen-bond donors (Lipinski definition) is 1. The number of hydrogen-bond acceptors (Lipinski definition) is 9. The van der Waals surface area contributed by atoms with Crippen molar-refractivity contribution in [3.63, 3.8) is 0 Å². The molecule has 2 fully saturated rings. The van der Waals surface area contributed by atoms with E-state index in [1.807, 2.05) is 16.8 Å². The van der Waals surface area contributed by atoms with Crippen molar-refractivity contribution < 1.29 is 23.0 Å². The van der Waals surface area contributed by atoms with Crippen molar-refractivity contribution in [1.82, 2.24) is 34.9 Å². The van der Waals surface area contributed by atoms with Gasteiger partial charge in [-0.1, -0.05) is 29.8 Å². The summed E-state index contributed by atoms with van der Waals surface area (Å²) in [7, 11) is 1.83. The summed E-state index contributed by atoms with van der Waals surface area (Å²) >= 11 is 12.8. The molecular weight excluding hydrogens is 593 g/mol. The maximum absolute atomic E-state index is 14.7. The molecular formula is C27H26Cl2F2N8O3. The number of carbonyl (C=O) groups excluding carboxylic acids is 1. The van der Waals surface area contributed by atoms with Crippen LogP contribution in [-0.2, 0) is 4.79 Å². The number of rotatable bonds is 7. The monoisotopic (exact) mass is 618 g/mol. The van der Waals surface area contributed by atoms with Gasteiger partial charge in [0.1, 0.15) is 40.1 Å². The molecule has 0 spiro atoms. The Hall–Kier alpha value is -3.81. The van der Waals surface area contributed by atoms with E-state index in [1.165, 1.54) is 18.3 Å². The van der Waals surface area contributed by atoms with E-state index in [-0.39, 0.29) is 51.9 Å². The molecule has 2 saturated heterocycles. The molecule has 11 nitrogen and oxygen atoms in total. The Morgan fingerprint density at radius 2 is 1.98 bits per heavy atom. The molecule has 2 atom stereocenters. The van der Waals surface area contributed by atoms with Crippen LogP contribution in [-0.4, -0.2) is 99.4 Å². The zero-order valence-corrected chi connectivity index (χ0v) is 24.0. The summed E-state index contributed by atoms with van der Waals surface area (Å²) in [4.78, 5) is 31.3. The topological polar surface area (TPSA) is 113 Å². The van der Waals surface area contributed by atoms with Gasteiger partial charge in [-0.3, -0.25) is 14.8 Å². The van der Waals surface area contributed by atoms with Gasteiger partial charge < -0.3 is 19.3 Å². The van der Waals surface area contributed by atoms with Gasteiger partial charge in [0.15, 0.2) is 5.75 Å². The van der Waals surface area contributed by atoms with Gasteiger partial charge in [-0.05, 0) is 25.6 Å². The molecule has 3 aromatic heterocycles. The zero-order valence-electron chi connectivity index (χ0n) is 22.5. The smallest absolute Gasteiger partial charge is 0.319 e. The summed E-state index contributed by atoms with van der Waals surface area (Å²) in [5, 5.41) is 7.39. The van der Waals surface area contributed by atoms with E-state index < -0.39 is 12.0 Å². The highest BCUT2D eigenvalue weighted by atomic mass is 35.5. The lowest BCUT2D eigenvalue weighted by Crippen LogP contribution is -2.48.